The zero-order valence-corrected chi connectivity index (χ0v) is 12.2. The van der Waals surface area contributed by atoms with Crippen molar-refractivity contribution >= 4 is 0 Å². The van der Waals surface area contributed by atoms with Crippen LogP contribution in [0.4, 0.5) is 8.78 Å². The number of benzene rings is 2. The summed E-state index contributed by atoms with van der Waals surface area (Å²) in [5.41, 5.74) is 0.708. The van der Waals surface area contributed by atoms with Crippen LogP contribution in [-0.2, 0) is 6.54 Å². The fraction of sp³-hybridized carbons (Fsp3) is 0.294. The number of hydrogen-bond donors (Lipinski definition) is 1. The quantitative estimate of drug-likeness (QED) is 0.846. The molecule has 0 amide bonds. The molecule has 0 radical (unpaired) electrons. The molecular formula is C17H19F2NO. The molecule has 112 valence electrons. The standard InChI is InChI=1S/C17H19F2NO/c1-12(2)10-20-11-13-8-15(19)6-7-17(13)21-16-5-3-4-14(18)9-16/h3-9,12,20H,10-11H2,1-2H3. The zero-order valence-electron chi connectivity index (χ0n) is 12.2. The van der Waals surface area contributed by atoms with E-state index < -0.39 is 0 Å². The van der Waals surface area contributed by atoms with Crippen molar-refractivity contribution in [3.8, 4) is 11.5 Å². The molecule has 21 heavy (non-hydrogen) atoms. The summed E-state index contributed by atoms with van der Waals surface area (Å²) in [5, 5.41) is 3.25. The van der Waals surface area contributed by atoms with Crippen molar-refractivity contribution in [1.29, 1.82) is 0 Å². The first kappa shape index (κ1) is 15.4. The van der Waals surface area contributed by atoms with E-state index in [1.54, 1.807) is 18.2 Å². The minimum atomic E-state index is -0.367. The van der Waals surface area contributed by atoms with Gasteiger partial charge in [-0.05, 0) is 42.8 Å². The van der Waals surface area contributed by atoms with E-state index in [1.165, 1.54) is 24.3 Å². The van der Waals surface area contributed by atoms with Gasteiger partial charge in [-0.1, -0.05) is 19.9 Å². The molecule has 0 bridgehead atoms. The first-order valence-corrected chi connectivity index (χ1v) is 6.97. The van der Waals surface area contributed by atoms with Crippen LogP contribution in [0.25, 0.3) is 0 Å². The van der Waals surface area contributed by atoms with Gasteiger partial charge in [0.1, 0.15) is 23.1 Å². The van der Waals surface area contributed by atoms with E-state index in [-0.39, 0.29) is 11.6 Å². The van der Waals surface area contributed by atoms with Crippen molar-refractivity contribution in [2.45, 2.75) is 20.4 Å². The van der Waals surface area contributed by atoms with Gasteiger partial charge in [-0.2, -0.15) is 0 Å². The minimum absolute atomic E-state index is 0.317. The van der Waals surface area contributed by atoms with Gasteiger partial charge >= 0.3 is 0 Å². The maximum atomic E-state index is 13.4. The monoisotopic (exact) mass is 291 g/mol. The van der Waals surface area contributed by atoms with Crippen LogP contribution in [-0.4, -0.2) is 6.54 Å². The molecule has 0 spiro atoms. The highest BCUT2D eigenvalue weighted by molar-refractivity contribution is 5.38. The van der Waals surface area contributed by atoms with Gasteiger partial charge in [-0.15, -0.1) is 0 Å². The van der Waals surface area contributed by atoms with Gasteiger partial charge in [-0.3, -0.25) is 0 Å². The number of ether oxygens (including phenoxy) is 1. The third kappa shape index (κ3) is 4.83. The topological polar surface area (TPSA) is 21.3 Å². The molecule has 1 N–H and O–H groups in total. The van der Waals surface area contributed by atoms with Crippen LogP contribution < -0.4 is 10.1 Å². The van der Waals surface area contributed by atoms with Crippen LogP contribution >= 0.6 is 0 Å². The molecule has 2 nitrogen and oxygen atoms in total. The molecule has 0 saturated carbocycles. The molecule has 0 aliphatic carbocycles. The van der Waals surface area contributed by atoms with Crippen molar-refractivity contribution in [1.82, 2.24) is 5.32 Å². The highest BCUT2D eigenvalue weighted by Crippen LogP contribution is 2.26. The molecule has 0 heterocycles. The largest absolute Gasteiger partial charge is 0.457 e. The average molecular weight is 291 g/mol. The lowest BCUT2D eigenvalue weighted by molar-refractivity contribution is 0.462. The Hall–Kier alpha value is -1.94. The fourth-order valence-electron chi connectivity index (χ4n) is 1.94. The maximum absolute atomic E-state index is 13.4. The van der Waals surface area contributed by atoms with Crippen LogP contribution in [0.1, 0.15) is 19.4 Å². The van der Waals surface area contributed by atoms with Crippen molar-refractivity contribution < 1.29 is 13.5 Å². The molecule has 0 saturated heterocycles. The third-order valence-electron chi connectivity index (χ3n) is 2.91. The number of nitrogens with one attached hydrogen (secondary N) is 1. The van der Waals surface area contributed by atoms with Crippen LogP contribution in [0, 0.1) is 17.6 Å². The summed E-state index contributed by atoms with van der Waals surface area (Å²) in [6, 6.07) is 10.2. The van der Waals surface area contributed by atoms with Crippen LogP contribution in [0.2, 0.25) is 0 Å². The van der Waals surface area contributed by atoms with E-state index in [2.05, 4.69) is 19.2 Å². The van der Waals surface area contributed by atoms with Gasteiger partial charge in [0.15, 0.2) is 0 Å². The molecule has 0 unspecified atom stereocenters. The average Bonchev–Trinajstić information content (AvgIpc) is 2.41. The first-order chi connectivity index (χ1) is 10.0. The van der Waals surface area contributed by atoms with Crippen LogP contribution in [0.3, 0.4) is 0 Å². The summed E-state index contributed by atoms with van der Waals surface area (Å²) in [4.78, 5) is 0. The zero-order chi connectivity index (χ0) is 15.2. The summed E-state index contributed by atoms with van der Waals surface area (Å²) in [5.74, 6) is 0.744. The normalized spacial score (nSPS) is 10.9. The Labute approximate surface area is 123 Å². The number of hydrogen-bond acceptors (Lipinski definition) is 2. The molecule has 2 aromatic carbocycles. The van der Waals surface area contributed by atoms with Crippen LogP contribution in [0.15, 0.2) is 42.5 Å². The lowest BCUT2D eigenvalue weighted by Crippen LogP contribution is -2.19. The molecule has 0 atom stereocenters. The molecule has 2 rings (SSSR count). The van der Waals surface area contributed by atoms with Gasteiger partial charge in [0.05, 0.1) is 0 Å². The summed E-state index contributed by atoms with van der Waals surface area (Å²) < 4.78 is 32.2. The van der Waals surface area contributed by atoms with E-state index in [1.807, 2.05) is 0 Å². The van der Waals surface area contributed by atoms with Crippen molar-refractivity contribution in [3.63, 3.8) is 0 Å². The number of rotatable bonds is 6. The molecule has 2 aromatic rings. The Kier molecular flexibility index (Phi) is 5.28. The third-order valence-corrected chi connectivity index (χ3v) is 2.91. The summed E-state index contributed by atoms with van der Waals surface area (Å²) in [6.07, 6.45) is 0. The van der Waals surface area contributed by atoms with E-state index in [0.29, 0.717) is 29.5 Å². The lowest BCUT2D eigenvalue weighted by Gasteiger charge is -2.13. The van der Waals surface area contributed by atoms with E-state index in [4.69, 9.17) is 4.74 Å². The SMILES string of the molecule is CC(C)CNCc1cc(F)ccc1Oc1cccc(F)c1. The Morgan fingerprint density at radius 1 is 1.05 bits per heavy atom. The predicted octanol–water partition coefficient (Wildman–Crippen LogP) is 4.50. The molecule has 0 aromatic heterocycles. The highest BCUT2D eigenvalue weighted by Gasteiger charge is 2.07. The Morgan fingerprint density at radius 2 is 1.81 bits per heavy atom. The van der Waals surface area contributed by atoms with E-state index in [0.717, 1.165) is 6.54 Å². The second-order valence-electron chi connectivity index (χ2n) is 5.34. The van der Waals surface area contributed by atoms with Gasteiger partial charge in [-0.25, -0.2) is 8.78 Å². The molecule has 4 heteroatoms. The highest BCUT2D eigenvalue weighted by atomic mass is 19.1. The second-order valence-corrected chi connectivity index (χ2v) is 5.34. The Bertz CT molecular complexity index is 599. The van der Waals surface area contributed by atoms with Gasteiger partial charge in [0.2, 0.25) is 0 Å². The van der Waals surface area contributed by atoms with E-state index >= 15 is 0 Å². The smallest absolute Gasteiger partial charge is 0.132 e. The molecular weight excluding hydrogens is 272 g/mol. The van der Waals surface area contributed by atoms with Crippen molar-refractivity contribution in [3.05, 3.63) is 59.7 Å². The first-order valence-electron chi connectivity index (χ1n) is 6.97. The molecule has 0 aliphatic rings. The second kappa shape index (κ2) is 7.18. The van der Waals surface area contributed by atoms with Crippen molar-refractivity contribution in [2.24, 2.45) is 5.92 Å². The minimum Gasteiger partial charge on any atom is -0.457 e. The number of halogens is 2. The van der Waals surface area contributed by atoms with Gasteiger partial charge < -0.3 is 10.1 Å². The Balaban J connectivity index is 2.14. The summed E-state index contributed by atoms with van der Waals surface area (Å²) in [7, 11) is 0. The van der Waals surface area contributed by atoms with E-state index in [9.17, 15) is 8.78 Å². The summed E-state index contributed by atoms with van der Waals surface area (Å²) >= 11 is 0. The molecule has 0 fully saturated rings. The van der Waals surface area contributed by atoms with Gasteiger partial charge in [0, 0.05) is 18.2 Å². The molecule has 0 aliphatic heterocycles. The van der Waals surface area contributed by atoms with Crippen LogP contribution in [0.5, 0.6) is 11.5 Å². The van der Waals surface area contributed by atoms with Crippen molar-refractivity contribution in [2.75, 3.05) is 6.54 Å². The maximum Gasteiger partial charge on any atom is 0.132 e. The van der Waals surface area contributed by atoms with Gasteiger partial charge in [0.25, 0.3) is 0 Å². The summed E-state index contributed by atoms with van der Waals surface area (Å²) in [6.45, 7) is 5.53. The Morgan fingerprint density at radius 3 is 2.52 bits per heavy atom. The fourth-order valence-corrected chi connectivity index (χ4v) is 1.94. The predicted molar refractivity (Wildman–Crippen MR) is 79.4 cm³/mol. The lowest BCUT2D eigenvalue weighted by atomic mass is 10.1.